The topological polar surface area (TPSA) is 103 Å². The number of esters is 2. The smallest absolute Gasteiger partial charge is 0.410 e. The Hall–Kier alpha value is -3.07. The van der Waals surface area contributed by atoms with E-state index in [2.05, 4.69) is 14.8 Å². The summed E-state index contributed by atoms with van der Waals surface area (Å²) < 4.78 is 20.5. The fourth-order valence-corrected chi connectivity index (χ4v) is 2.71. The third-order valence-electron chi connectivity index (χ3n) is 4.15. The van der Waals surface area contributed by atoms with E-state index in [0.717, 1.165) is 11.6 Å². The van der Waals surface area contributed by atoms with Gasteiger partial charge in [0.25, 0.3) is 0 Å². The summed E-state index contributed by atoms with van der Waals surface area (Å²) in [5.74, 6) is -1.38. The van der Waals surface area contributed by atoms with Crippen LogP contribution in [0.15, 0.2) is 36.0 Å². The van der Waals surface area contributed by atoms with Crippen molar-refractivity contribution in [2.24, 2.45) is 0 Å². The molecule has 1 aliphatic heterocycles. The number of carbonyl (C=O) groups excluding carboxylic acids is 3. The molecule has 0 spiro atoms. The van der Waals surface area contributed by atoms with Gasteiger partial charge < -0.3 is 29.2 Å². The molecule has 0 saturated carbocycles. The molecule has 30 heavy (non-hydrogen) atoms. The van der Waals surface area contributed by atoms with Crippen molar-refractivity contribution < 1.29 is 33.3 Å². The van der Waals surface area contributed by atoms with Crippen LogP contribution in [0.25, 0.3) is 0 Å². The van der Waals surface area contributed by atoms with Crippen molar-refractivity contribution in [2.75, 3.05) is 39.2 Å². The van der Waals surface area contributed by atoms with Crippen LogP contribution in [0.3, 0.4) is 0 Å². The maximum atomic E-state index is 12.3. The summed E-state index contributed by atoms with van der Waals surface area (Å²) in [5.41, 5.74) is 0.819. The summed E-state index contributed by atoms with van der Waals surface area (Å²) in [6, 6.07) is 7.11. The van der Waals surface area contributed by atoms with E-state index in [1.165, 1.54) is 14.2 Å². The van der Waals surface area contributed by atoms with E-state index in [0.29, 0.717) is 25.4 Å². The van der Waals surface area contributed by atoms with Gasteiger partial charge in [-0.15, -0.1) is 0 Å². The Morgan fingerprint density at radius 1 is 1.13 bits per heavy atom. The number of nitrogens with zero attached hydrogens (tertiary/aromatic N) is 1. The van der Waals surface area contributed by atoms with E-state index >= 15 is 0 Å². The minimum Gasteiger partial charge on any atom is -0.466 e. The summed E-state index contributed by atoms with van der Waals surface area (Å²) in [7, 11) is 2.43. The van der Waals surface area contributed by atoms with Gasteiger partial charge in [-0.05, 0) is 38.5 Å². The van der Waals surface area contributed by atoms with Gasteiger partial charge >= 0.3 is 18.0 Å². The molecule has 1 heterocycles. The summed E-state index contributed by atoms with van der Waals surface area (Å²) in [4.78, 5) is 37.3. The van der Waals surface area contributed by atoms with Crippen molar-refractivity contribution >= 4 is 23.7 Å². The second kappa shape index (κ2) is 10.1. The molecule has 9 heteroatoms. The lowest BCUT2D eigenvalue weighted by atomic mass is 10.1. The lowest BCUT2D eigenvalue weighted by molar-refractivity contribution is -0.138. The quantitative estimate of drug-likeness (QED) is 0.441. The number of carbonyl (C=O) groups is 3. The molecule has 0 radical (unpaired) electrons. The van der Waals surface area contributed by atoms with Crippen molar-refractivity contribution in [3.05, 3.63) is 41.6 Å². The highest BCUT2D eigenvalue weighted by molar-refractivity contribution is 5.98. The number of amides is 1. The van der Waals surface area contributed by atoms with Crippen LogP contribution in [-0.2, 0) is 28.5 Å². The number of anilines is 1. The number of nitrogens with one attached hydrogen (secondary N) is 1. The van der Waals surface area contributed by atoms with Crippen LogP contribution in [0.4, 0.5) is 10.5 Å². The van der Waals surface area contributed by atoms with E-state index < -0.39 is 17.5 Å². The minimum absolute atomic E-state index is 0.0536. The van der Waals surface area contributed by atoms with E-state index in [1.54, 1.807) is 17.0 Å². The first-order valence-electron chi connectivity index (χ1n) is 9.47. The molecule has 1 unspecified atom stereocenters. The molecule has 1 atom stereocenters. The molecule has 0 bridgehead atoms. The Balaban J connectivity index is 2.07. The number of benzene rings is 1. The highest BCUT2D eigenvalue weighted by Gasteiger charge is 2.29. The van der Waals surface area contributed by atoms with Crippen molar-refractivity contribution in [1.29, 1.82) is 0 Å². The molecule has 1 amide bonds. The average molecular weight is 420 g/mol. The minimum atomic E-state index is -0.701. The Labute approximate surface area is 175 Å². The van der Waals surface area contributed by atoms with Gasteiger partial charge in [-0.3, -0.25) is 0 Å². The van der Waals surface area contributed by atoms with Crippen molar-refractivity contribution in [3.63, 3.8) is 0 Å². The Morgan fingerprint density at radius 2 is 1.80 bits per heavy atom. The molecule has 1 saturated heterocycles. The summed E-state index contributed by atoms with van der Waals surface area (Å²) in [5, 5.41) is 2.84. The first-order valence-corrected chi connectivity index (χ1v) is 9.47. The number of morpholine rings is 1. The standard InChI is InChI=1S/C21H28N2O7/c1-21(2,3)30-20(26)23-10-11-29-17(13-23)14-6-8-15(9-7-14)22-16(19(25)28-5)12-18(24)27-4/h6-9,12,17,22H,10-11,13H2,1-5H3/b16-12+. The number of hydrogen-bond acceptors (Lipinski definition) is 8. The fraction of sp³-hybridized carbons (Fsp3) is 0.476. The van der Waals surface area contributed by atoms with Crippen LogP contribution in [-0.4, -0.2) is 62.4 Å². The van der Waals surface area contributed by atoms with Gasteiger partial charge in [-0.25, -0.2) is 14.4 Å². The lowest BCUT2D eigenvalue weighted by Gasteiger charge is -2.34. The number of methoxy groups -OCH3 is 2. The number of ether oxygens (including phenoxy) is 4. The van der Waals surface area contributed by atoms with Crippen LogP contribution in [0.5, 0.6) is 0 Å². The summed E-state index contributed by atoms with van der Waals surface area (Å²) >= 11 is 0. The van der Waals surface area contributed by atoms with E-state index in [1.807, 2.05) is 32.9 Å². The van der Waals surface area contributed by atoms with E-state index in [4.69, 9.17) is 9.47 Å². The Kier molecular flexibility index (Phi) is 7.82. The first-order chi connectivity index (χ1) is 14.1. The Bertz CT molecular complexity index is 797. The molecular formula is C21H28N2O7. The predicted octanol–water partition coefficient (Wildman–Crippen LogP) is 2.64. The maximum Gasteiger partial charge on any atom is 0.410 e. The maximum absolute atomic E-state index is 12.3. The average Bonchev–Trinajstić information content (AvgIpc) is 2.72. The van der Waals surface area contributed by atoms with Gasteiger partial charge in [-0.2, -0.15) is 0 Å². The van der Waals surface area contributed by atoms with Crippen LogP contribution in [0, 0.1) is 0 Å². The fourth-order valence-electron chi connectivity index (χ4n) is 2.71. The van der Waals surface area contributed by atoms with Gasteiger partial charge in [0.1, 0.15) is 17.4 Å². The largest absolute Gasteiger partial charge is 0.466 e. The number of rotatable bonds is 5. The van der Waals surface area contributed by atoms with Crippen molar-refractivity contribution in [1.82, 2.24) is 4.90 Å². The van der Waals surface area contributed by atoms with Gasteiger partial charge in [-0.1, -0.05) is 12.1 Å². The van der Waals surface area contributed by atoms with Crippen molar-refractivity contribution in [3.8, 4) is 0 Å². The van der Waals surface area contributed by atoms with Crippen LogP contribution < -0.4 is 5.32 Å². The van der Waals surface area contributed by atoms with Gasteiger partial charge in [0.05, 0.1) is 33.4 Å². The molecule has 1 aromatic carbocycles. The molecular weight excluding hydrogens is 392 g/mol. The molecule has 1 N–H and O–H groups in total. The molecule has 0 aliphatic carbocycles. The monoisotopic (exact) mass is 420 g/mol. The molecule has 1 aromatic rings. The van der Waals surface area contributed by atoms with Gasteiger partial charge in [0.2, 0.25) is 0 Å². The molecule has 164 valence electrons. The second-order valence-corrected chi connectivity index (χ2v) is 7.61. The summed E-state index contributed by atoms with van der Waals surface area (Å²) in [6.07, 6.45) is 0.346. The second-order valence-electron chi connectivity index (χ2n) is 7.61. The zero-order valence-electron chi connectivity index (χ0n) is 17.9. The SMILES string of the molecule is COC(=O)/C=C(/Nc1ccc(C2CN(C(=O)OC(C)(C)C)CCO2)cc1)C(=O)OC. The van der Waals surface area contributed by atoms with E-state index in [-0.39, 0.29) is 17.9 Å². The molecule has 1 fully saturated rings. The van der Waals surface area contributed by atoms with Gasteiger partial charge in [0.15, 0.2) is 0 Å². The summed E-state index contributed by atoms with van der Waals surface area (Å²) in [6.45, 7) is 6.71. The van der Waals surface area contributed by atoms with Crippen LogP contribution in [0.2, 0.25) is 0 Å². The molecule has 1 aliphatic rings. The molecule has 0 aromatic heterocycles. The van der Waals surface area contributed by atoms with Crippen molar-refractivity contribution in [2.45, 2.75) is 32.5 Å². The predicted molar refractivity (Wildman–Crippen MR) is 109 cm³/mol. The third kappa shape index (κ3) is 6.77. The molecule has 2 rings (SSSR count). The highest BCUT2D eigenvalue weighted by atomic mass is 16.6. The van der Waals surface area contributed by atoms with Gasteiger partial charge in [0, 0.05) is 12.2 Å². The highest BCUT2D eigenvalue weighted by Crippen LogP contribution is 2.25. The van der Waals surface area contributed by atoms with Crippen LogP contribution in [0.1, 0.15) is 32.4 Å². The van der Waals surface area contributed by atoms with Crippen LogP contribution >= 0.6 is 0 Å². The number of hydrogen-bond donors (Lipinski definition) is 1. The zero-order chi connectivity index (χ0) is 22.3. The Morgan fingerprint density at radius 3 is 2.37 bits per heavy atom. The normalized spacial score (nSPS) is 17.2. The third-order valence-corrected chi connectivity index (χ3v) is 4.15. The molecule has 9 nitrogen and oxygen atoms in total. The van der Waals surface area contributed by atoms with E-state index in [9.17, 15) is 14.4 Å². The lowest BCUT2D eigenvalue weighted by Crippen LogP contribution is -2.44. The first kappa shape index (κ1) is 23.2. The zero-order valence-corrected chi connectivity index (χ0v) is 17.9.